The summed E-state index contributed by atoms with van der Waals surface area (Å²) in [5.74, 6) is 0.175. The van der Waals surface area contributed by atoms with Gasteiger partial charge in [-0.05, 0) is 18.2 Å². The van der Waals surface area contributed by atoms with Gasteiger partial charge in [0.25, 0.3) is 0 Å². The first-order valence-electron chi connectivity index (χ1n) is 5.75. The van der Waals surface area contributed by atoms with Crippen LogP contribution in [-0.2, 0) is 9.53 Å². The SMILES string of the molecule is COc1ccc(N)cc1NC(=O)CN1CCOC1=O. The number of nitrogen functional groups attached to an aromatic ring is 1. The minimum atomic E-state index is -0.477. The number of nitrogens with two attached hydrogens (primary N) is 1. The van der Waals surface area contributed by atoms with E-state index in [1.54, 1.807) is 18.2 Å². The van der Waals surface area contributed by atoms with Crippen molar-refractivity contribution in [1.82, 2.24) is 4.90 Å². The highest BCUT2D eigenvalue weighted by atomic mass is 16.6. The van der Waals surface area contributed by atoms with E-state index in [-0.39, 0.29) is 12.5 Å². The second-order valence-corrected chi connectivity index (χ2v) is 4.04. The lowest BCUT2D eigenvalue weighted by atomic mass is 10.2. The highest BCUT2D eigenvalue weighted by Gasteiger charge is 2.24. The van der Waals surface area contributed by atoms with Gasteiger partial charge in [-0.2, -0.15) is 0 Å². The average Bonchev–Trinajstić information content (AvgIpc) is 2.75. The van der Waals surface area contributed by atoms with Gasteiger partial charge >= 0.3 is 6.09 Å². The van der Waals surface area contributed by atoms with Crippen LogP contribution in [0.5, 0.6) is 5.75 Å². The number of cyclic esters (lactones) is 1. The summed E-state index contributed by atoms with van der Waals surface area (Å²) in [5, 5.41) is 2.66. The number of hydrogen-bond acceptors (Lipinski definition) is 5. The fourth-order valence-electron chi connectivity index (χ4n) is 1.76. The van der Waals surface area contributed by atoms with Crippen LogP contribution in [0.3, 0.4) is 0 Å². The lowest BCUT2D eigenvalue weighted by Crippen LogP contribution is -2.33. The summed E-state index contributed by atoms with van der Waals surface area (Å²) in [5.41, 5.74) is 6.64. The molecule has 0 radical (unpaired) electrons. The number of benzene rings is 1. The molecule has 2 rings (SSSR count). The minimum absolute atomic E-state index is 0.0587. The molecule has 1 saturated heterocycles. The Morgan fingerprint density at radius 2 is 2.37 bits per heavy atom. The number of carbonyl (C=O) groups excluding carboxylic acids is 2. The number of nitrogens with zero attached hydrogens (tertiary/aromatic N) is 1. The van der Waals surface area contributed by atoms with Gasteiger partial charge in [0.15, 0.2) is 0 Å². The van der Waals surface area contributed by atoms with Gasteiger partial charge in [0.1, 0.15) is 18.9 Å². The lowest BCUT2D eigenvalue weighted by Gasteiger charge is -2.14. The van der Waals surface area contributed by atoms with Crippen LogP contribution < -0.4 is 15.8 Å². The second kappa shape index (κ2) is 5.47. The maximum Gasteiger partial charge on any atom is 0.410 e. The number of ether oxygens (including phenoxy) is 2. The number of methoxy groups -OCH3 is 1. The number of carbonyl (C=O) groups is 2. The molecule has 1 aliphatic heterocycles. The Labute approximate surface area is 110 Å². The van der Waals surface area contributed by atoms with E-state index < -0.39 is 6.09 Å². The Hall–Kier alpha value is -2.44. The molecule has 1 aromatic carbocycles. The molecular formula is C12H15N3O4. The molecule has 0 spiro atoms. The topological polar surface area (TPSA) is 93.9 Å². The van der Waals surface area contributed by atoms with Crippen molar-refractivity contribution in [2.24, 2.45) is 0 Å². The highest BCUT2D eigenvalue weighted by Crippen LogP contribution is 2.26. The quantitative estimate of drug-likeness (QED) is 0.780. The van der Waals surface area contributed by atoms with Gasteiger partial charge in [0.05, 0.1) is 19.3 Å². The van der Waals surface area contributed by atoms with Gasteiger partial charge < -0.3 is 20.5 Å². The van der Waals surface area contributed by atoms with E-state index in [2.05, 4.69) is 5.32 Å². The predicted octanol–water partition coefficient (Wildman–Crippen LogP) is 0.668. The fraction of sp³-hybridized carbons (Fsp3) is 0.333. The molecule has 3 N–H and O–H groups in total. The summed E-state index contributed by atoms with van der Waals surface area (Å²) < 4.78 is 9.86. The summed E-state index contributed by atoms with van der Waals surface area (Å²) >= 11 is 0. The maximum atomic E-state index is 11.8. The van der Waals surface area contributed by atoms with Crippen molar-refractivity contribution in [3.8, 4) is 5.75 Å². The van der Waals surface area contributed by atoms with Gasteiger partial charge in [0.2, 0.25) is 5.91 Å². The van der Waals surface area contributed by atoms with Crippen molar-refractivity contribution in [2.75, 3.05) is 37.9 Å². The average molecular weight is 265 g/mol. The van der Waals surface area contributed by atoms with Gasteiger partial charge in [0, 0.05) is 5.69 Å². The van der Waals surface area contributed by atoms with Crippen LogP contribution in [0.2, 0.25) is 0 Å². The Kier molecular flexibility index (Phi) is 3.74. The maximum absolute atomic E-state index is 11.8. The molecule has 1 aromatic rings. The van der Waals surface area contributed by atoms with Gasteiger partial charge in [-0.1, -0.05) is 0 Å². The monoisotopic (exact) mass is 265 g/mol. The Morgan fingerprint density at radius 3 is 3.00 bits per heavy atom. The van der Waals surface area contributed by atoms with Crippen LogP contribution >= 0.6 is 0 Å². The van der Waals surface area contributed by atoms with E-state index in [9.17, 15) is 9.59 Å². The van der Waals surface area contributed by atoms with E-state index >= 15 is 0 Å². The third kappa shape index (κ3) is 3.06. The van der Waals surface area contributed by atoms with Crippen molar-refractivity contribution in [3.63, 3.8) is 0 Å². The van der Waals surface area contributed by atoms with Gasteiger partial charge in [-0.25, -0.2) is 4.79 Å². The van der Waals surface area contributed by atoms with E-state index in [0.717, 1.165) is 0 Å². The number of nitrogens with one attached hydrogen (secondary N) is 1. The lowest BCUT2D eigenvalue weighted by molar-refractivity contribution is -0.116. The summed E-state index contributed by atoms with van der Waals surface area (Å²) in [7, 11) is 1.50. The zero-order chi connectivity index (χ0) is 13.8. The van der Waals surface area contributed by atoms with E-state index in [4.69, 9.17) is 15.2 Å². The van der Waals surface area contributed by atoms with Gasteiger partial charge in [-0.3, -0.25) is 9.69 Å². The Morgan fingerprint density at radius 1 is 1.58 bits per heavy atom. The molecule has 0 aromatic heterocycles. The van der Waals surface area contributed by atoms with Crippen LogP contribution in [0.25, 0.3) is 0 Å². The molecule has 7 heteroatoms. The molecule has 1 aliphatic rings. The molecule has 0 bridgehead atoms. The first-order valence-corrected chi connectivity index (χ1v) is 5.75. The highest BCUT2D eigenvalue weighted by molar-refractivity contribution is 5.95. The van der Waals surface area contributed by atoms with Crippen molar-refractivity contribution < 1.29 is 19.1 Å². The van der Waals surface area contributed by atoms with Crippen LogP contribution in [0.15, 0.2) is 18.2 Å². The van der Waals surface area contributed by atoms with E-state index in [1.807, 2.05) is 0 Å². The standard InChI is InChI=1S/C12H15N3O4/c1-18-10-3-2-8(13)6-9(10)14-11(16)7-15-4-5-19-12(15)17/h2-3,6H,4-5,7,13H2,1H3,(H,14,16). The van der Waals surface area contributed by atoms with E-state index in [0.29, 0.717) is 30.3 Å². The zero-order valence-corrected chi connectivity index (χ0v) is 10.5. The van der Waals surface area contributed by atoms with Crippen LogP contribution in [-0.4, -0.2) is 43.7 Å². The third-order valence-electron chi connectivity index (χ3n) is 2.68. The zero-order valence-electron chi connectivity index (χ0n) is 10.5. The number of amides is 2. The molecular weight excluding hydrogens is 250 g/mol. The van der Waals surface area contributed by atoms with Crippen molar-refractivity contribution in [3.05, 3.63) is 18.2 Å². The fourth-order valence-corrected chi connectivity index (χ4v) is 1.76. The number of rotatable bonds is 4. The van der Waals surface area contributed by atoms with E-state index in [1.165, 1.54) is 12.0 Å². The normalized spacial score (nSPS) is 14.2. The molecule has 0 aliphatic carbocycles. The molecule has 0 unspecified atom stereocenters. The largest absolute Gasteiger partial charge is 0.495 e. The minimum Gasteiger partial charge on any atom is -0.495 e. The molecule has 19 heavy (non-hydrogen) atoms. The third-order valence-corrected chi connectivity index (χ3v) is 2.68. The van der Waals surface area contributed by atoms with Crippen molar-refractivity contribution in [2.45, 2.75) is 0 Å². The molecule has 1 fully saturated rings. The van der Waals surface area contributed by atoms with Crippen molar-refractivity contribution >= 4 is 23.4 Å². The molecule has 2 amide bonds. The summed E-state index contributed by atoms with van der Waals surface area (Å²) in [6.07, 6.45) is -0.477. The summed E-state index contributed by atoms with van der Waals surface area (Å²) in [6.45, 7) is 0.671. The first-order chi connectivity index (χ1) is 9.10. The summed E-state index contributed by atoms with van der Waals surface area (Å²) in [4.78, 5) is 24.4. The molecule has 102 valence electrons. The second-order valence-electron chi connectivity index (χ2n) is 4.04. The van der Waals surface area contributed by atoms with Gasteiger partial charge in [-0.15, -0.1) is 0 Å². The number of anilines is 2. The predicted molar refractivity (Wildman–Crippen MR) is 69.0 cm³/mol. The number of hydrogen-bond donors (Lipinski definition) is 2. The smallest absolute Gasteiger partial charge is 0.410 e. The Balaban J connectivity index is 2.02. The van der Waals surface area contributed by atoms with Crippen LogP contribution in [0, 0.1) is 0 Å². The molecule has 0 atom stereocenters. The molecule has 1 heterocycles. The van der Waals surface area contributed by atoms with Crippen LogP contribution in [0.1, 0.15) is 0 Å². The van der Waals surface area contributed by atoms with Crippen molar-refractivity contribution in [1.29, 1.82) is 0 Å². The summed E-state index contributed by atoms with van der Waals surface area (Å²) in [6, 6.07) is 4.93. The molecule has 0 saturated carbocycles. The van der Waals surface area contributed by atoms with Crippen LogP contribution in [0.4, 0.5) is 16.2 Å². The molecule has 7 nitrogen and oxygen atoms in total. The Bertz CT molecular complexity index is 504. The first kappa shape index (κ1) is 13.0.